The van der Waals surface area contributed by atoms with Crippen LogP contribution in [0.4, 0.5) is 4.39 Å². The second kappa shape index (κ2) is 6.94. The summed E-state index contributed by atoms with van der Waals surface area (Å²) >= 11 is 6.10. The molecule has 0 amide bonds. The highest BCUT2D eigenvalue weighted by Gasteiger charge is 2.12. The number of benzene rings is 2. The van der Waals surface area contributed by atoms with Gasteiger partial charge in [-0.3, -0.25) is 4.68 Å². The maximum Gasteiger partial charge on any atom is 0.328 e. The molecule has 0 saturated heterocycles. The number of hydrogen-bond acceptors (Lipinski definition) is 3. The van der Waals surface area contributed by atoms with Gasteiger partial charge in [0.25, 0.3) is 0 Å². The molecule has 1 heterocycles. The van der Waals surface area contributed by atoms with Crippen molar-refractivity contribution in [3.8, 4) is 5.75 Å². The molecule has 1 aromatic heterocycles. The first kappa shape index (κ1) is 17.0. The van der Waals surface area contributed by atoms with Crippen LogP contribution in [0.1, 0.15) is 11.3 Å². The van der Waals surface area contributed by atoms with Gasteiger partial charge >= 0.3 is 5.97 Å². The third-order valence-electron chi connectivity index (χ3n) is 3.71. The van der Waals surface area contributed by atoms with E-state index < -0.39 is 11.8 Å². The lowest BCUT2D eigenvalue weighted by Crippen LogP contribution is -2.03. The third kappa shape index (κ3) is 3.64. The Bertz CT molecular complexity index is 982. The van der Waals surface area contributed by atoms with Crippen molar-refractivity contribution in [2.24, 2.45) is 0 Å². The van der Waals surface area contributed by atoms with Crippen molar-refractivity contribution in [1.29, 1.82) is 0 Å². The van der Waals surface area contributed by atoms with Gasteiger partial charge in [0.2, 0.25) is 0 Å². The Morgan fingerprint density at radius 3 is 2.84 bits per heavy atom. The quantitative estimate of drug-likeness (QED) is 0.699. The summed E-state index contributed by atoms with van der Waals surface area (Å²) < 4.78 is 20.2. The zero-order valence-corrected chi connectivity index (χ0v) is 14.0. The fraction of sp³-hybridized carbons (Fsp3) is 0.111. The summed E-state index contributed by atoms with van der Waals surface area (Å²) in [5, 5.41) is 14.4. The molecule has 1 N–H and O–H groups in total. The maximum atomic E-state index is 13.2. The highest BCUT2D eigenvalue weighted by Crippen LogP contribution is 2.27. The van der Waals surface area contributed by atoms with Crippen LogP contribution in [0, 0.1) is 5.82 Å². The van der Waals surface area contributed by atoms with Crippen LogP contribution in [0.15, 0.2) is 42.5 Å². The smallest absolute Gasteiger partial charge is 0.328 e. The Morgan fingerprint density at radius 2 is 2.16 bits per heavy atom. The van der Waals surface area contributed by atoms with Gasteiger partial charge in [0.15, 0.2) is 0 Å². The molecule has 0 bridgehead atoms. The van der Waals surface area contributed by atoms with E-state index in [1.54, 1.807) is 30.0 Å². The molecule has 0 aliphatic carbocycles. The third-order valence-corrected chi connectivity index (χ3v) is 4.06. The van der Waals surface area contributed by atoms with E-state index in [2.05, 4.69) is 5.10 Å². The lowest BCUT2D eigenvalue weighted by atomic mass is 10.2. The van der Waals surface area contributed by atoms with Crippen LogP contribution in [0.2, 0.25) is 5.02 Å². The first-order valence-electron chi connectivity index (χ1n) is 7.37. The van der Waals surface area contributed by atoms with Crippen molar-refractivity contribution >= 4 is 34.5 Å². The number of aromatic nitrogens is 2. The number of aliphatic carboxylic acids is 1. The van der Waals surface area contributed by atoms with Gasteiger partial charge in [-0.15, -0.1) is 0 Å². The summed E-state index contributed by atoms with van der Waals surface area (Å²) in [6.45, 7) is 0.309. The van der Waals surface area contributed by atoms with Gasteiger partial charge in [-0.25, -0.2) is 9.18 Å². The fourth-order valence-corrected chi connectivity index (χ4v) is 2.74. The van der Waals surface area contributed by atoms with Crippen LogP contribution < -0.4 is 4.74 Å². The van der Waals surface area contributed by atoms with Crippen LogP contribution in [0.3, 0.4) is 0 Å². The number of fused-ring (bicyclic) bond motifs is 1. The van der Waals surface area contributed by atoms with Crippen LogP contribution in [-0.4, -0.2) is 28.0 Å². The molecule has 128 valence electrons. The monoisotopic (exact) mass is 360 g/mol. The summed E-state index contributed by atoms with van der Waals surface area (Å²) in [4.78, 5) is 10.8. The molecule has 5 nitrogen and oxygen atoms in total. The largest absolute Gasteiger partial charge is 0.497 e. The number of nitrogens with zero attached hydrogens (tertiary/aromatic N) is 2. The molecule has 3 rings (SSSR count). The Morgan fingerprint density at radius 1 is 1.36 bits per heavy atom. The summed E-state index contributed by atoms with van der Waals surface area (Å²) in [6, 6.07) is 9.56. The van der Waals surface area contributed by atoms with Crippen molar-refractivity contribution in [3.63, 3.8) is 0 Å². The average molecular weight is 361 g/mol. The van der Waals surface area contributed by atoms with Gasteiger partial charge in [0.1, 0.15) is 11.6 Å². The lowest BCUT2D eigenvalue weighted by molar-refractivity contribution is -0.131. The summed E-state index contributed by atoms with van der Waals surface area (Å²) in [7, 11) is 1.56. The molecule has 25 heavy (non-hydrogen) atoms. The number of halogens is 2. The molecular weight excluding hydrogens is 347 g/mol. The number of carboxylic acids is 1. The van der Waals surface area contributed by atoms with Crippen molar-refractivity contribution in [2.45, 2.75) is 6.54 Å². The van der Waals surface area contributed by atoms with Crippen LogP contribution in [-0.2, 0) is 11.3 Å². The number of ether oxygens (including phenoxy) is 1. The first-order valence-corrected chi connectivity index (χ1v) is 7.75. The number of hydrogen-bond donors (Lipinski definition) is 1. The average Bonchev–Trinajstić information content (AvgIpc) is 2.92. The minimum absolute atomic E-state index is 0.300. The highest BCUT2D eigenvalue weighted by molar-refractivity contribution is 6.31. The highest BCUT2D eigenvalue weighted by atomic mass is 35.5. The number of carboxylic acid groups (broad SMARTS) is 1. The SMILES string of the molecule is COc1ccc2c(C=CC(=O)O)nn(Cc3ccc(F)cc3Cl)c2c1. The number of carbonyl (C=O) groups is 1. The molecule has 2 aromatic carbocycles. The van der Waals surface area contributed by atoms with E-state index in [4.69, 9.17) is 21.4 Å². The molecule has 0 aliphatic heterocycles. The van der Waals surface area contributed by atoms with E-state index in [-0.39, 0.29) is 0 Å². The van der Waals surface area contributed by atoms with Crippen molar-refractivity contribution in [2.75, 3.05) is 7.11 Å². The minimum atomic E-state index is -1.06. The van der Waals surface area contributed by atoms with E-state index in [0.29, 0.717) is 28.6 Å². The van der Waals surface area contributed by atoms with Crippen molar-refractivity contribution < 1.29 is 19.0 Å². The Hall–Kier alpha value is -2.86. The van der Waals surface area contributed by atoms with Crippen LogP contribution in [0.25, 0.3) is 17.0 Å². The van der Waals surface area contributed by atoms with E-state index in [0.717, 1.165) is 17.0 Å². The predicted octanol–water partition coefficient (Wildman–Crippen LogP) is 3.98. The minimum Gasteiger partial charge on any atom is -0.497 e. The van der Waals surface area contributed by atoms with Crippen molar-refractivity contribution in [3.05, 3.63) is 64.6 Å². The molecule has 3 aromatic rings. The predicted molar refractivity (Wildman–Crippen MR) is 93.5 cm³/mol. The van der Waals surface area contributed by atoms with Crippen molar-refractivity contribution in [1.82, 2.24) is 9.78 Å². The Kier molecular flexibility index (Phi) is 4.72. The fourth-order valence-electron chi connectivity index (χ4n) is 2.51. The lowest BCUT2D eigenvalue weighted by Gasteiger charge is -2.07. The molecule has 0 fully saturated rings. The molecule has 0 spiro atoms. The second-order valence-electron chi connectivity index (χ2n) is 5.33. The topological polar surface area (TPSA) is 64.3 Å². The summed E-state index contributed by atoms with van der Waals surface area (Å²) in [5.74, 6) is -0.823. The molecule has 0 radical (unpaired) electrons. The second-order valence-corrected chi connectivity index (χ2v) is 5.74. The summed E-state index contributed by atoms with van der Waals surface area (Å²) in [5.41, 5.74) is 1.96. The molecule has 0 aliphatic rings. The first-order chi connectivity index (χ1) is 12.0. The normalized spacial score (nSPS) is 11.3. The van der Waals surface area contributed by atoms with E-state index in [1.807, 2.05) is 6.07 Å². The molecule has 0 atom stereocenters. The van der Waals surface area contributed by atoms with Crippen LogP contribution in [0.5, 0.6) is 5.75 Å². The van der Waals surface area contributed by atoms with Gasteiger partial charge in [0.05, 0.1) is 24.9 Å². The standard InChI is InChI=1S/C18H14ClFN2O3/c1-25-13-4-5-14-16(6-7-18(23)24)21-22(17(14)9-13)10-11-2-3-12(20)8-15(11)19/h2-9H,10H2,1H3,(H,23,24). The van der Waals surface area contributed by atoms with Gasteiger partial charge < -0.3 is 9.84 Å². The van der Waals surface area contributed by atoms with E-state index in [9.17, 15) is 9.18 Å². The van der Waals surface area contributed by atoms with Crippen LogP contribution >= 0.6 is 11.6 Å². The Labute approximate surface area is 147 Å². The van der Waals surface area contributed by atoms with Gasteiger partial charge in [-0.1, -0.05) is 17.7 Å². The molecule has 0 saturated carbocycles. The van der Waals surface area contributed by atoms with Gasteiger partial charge in [-0.05, 0) is 35.9 Å². The summed E-state index contributed by atoms with van der Waals surface area (Å²) in [6.07, 6.45) is 2.46. The molecular formula is C18H14ClFN2O3. The molecule has 0 unspecified atom stereocenters. The van der Waals surface area contributed by atoms with Gasteiger partial charge in [-0.2, -0.15) is 5.10 Å². The maximum absolute atomic E-state index is 13.2. The zero-order valence-electron chi connectivity index (χ0n) is 13.2. The number of rotatable bonds is 5. The van der Waals surface area contributed by atoms with E-state index >= 15 is 0 Å². The van der Waals surface area contributed by atoms with E-state index in [1.165, 1.54) is 18.2 Å². The Balaban J connectivity index is 2.10. The van der Waals surface area contributed by atoms with Gasteiger partial charge in [0, 0.05) is 22.6 Å². The number of methoxy groups -OCH3 is 1. The zero-order chi connectivity index (χ0) is 18.0. The molecule has 7 heteroatoms.